The molecule has 0 amide bonds. The molecule has 140 valence electrons. The maximum Gasteiger partial charge on any atom is 0.257 e. The smallest absolute Gasteiger partial charge is 0.257 e. The molecule has 1 aromatic heterocycles. The van der Waals surface area contributed by atoms with Crippen molar-refractivity contribution in [3.8, 4) is 0 Å². The van der Waals surface area contributed by atoms with E-state index in [2.05, 4.69) is 20.1 Å². The van der Waals surface area contributed by atoms with Crippen molar-refractivity contribution in [1.82, 2.24) is 14.8 Å². The lowest BCUT2D eigenvalue weighted by molar-refractivity contribution is 0.431. The number of anilines is 2. The average molecular weight is 404 g/mol. The maximum atomic E-state index is 11.6. The third-order valence-corrected chi connectivity index (χ3v) is 5.33. The molecule has 2 heterocycles. The number of hydrogen-bond acceptors (Lipinski definition) is 5. The summed E-state index contributed by atoms with van der Waals surface area (Å²) in [6.07, 6.45) is 1.77. The Morgan fingerprint density at radius 2 is 1.85 bits per heavy atom. The highest BCUT2D eigenvalue weighted by Gasteiger charge is 2.32. The SMILES string of the molecule is CS(=O)(=O)Nc1nc2n(n1)[C@@H](c1ccccc1Cl)C[C@@H](c1ccccc1)N2. The zero-order valence-corrected chi connectivity index (χ0v) is 16.1. The summed E-state index contributed by atoms with van der Waals surface area (Å²) in [5.41, 5.74) is 2.03. The molecule has 1 aliphatic rings. The molecule has 0 aliphatic carbocycles. The number of aromatic nitrogens is 3. The van der Waals surface area contributed by atoms with Gasteiger partial charge in [0.1, 0.15) is 0 Å². The van der Waals surface area contributed by atoms with Crippen LogP contribution >= 0.6 is 11.6 Å². The number of nitrogens with one attached hydrogen (secondary N) is 2. The van der Waals surface area contributed by atoms with Crippen molar-refractivity contribution in [1.29, 1.82) is 0 Å². The van der Waals surface area contributed by atoms with E-state index in [0.717, 1.165) is 17.4 Å². The van der Waals surface area contributed by atoms with Crippen molar-refractivity contribution in [2.75, 3.05) is 16.3 Å². The minimum atomic E-state index is -3.47. The summed E-state index contributed by atoms with van der Waals surface area (Å²) in [6, 6.07) is 17.4. The highest BCUT2D eigenvalue weighted by atomic mass is 35.5. The van der Waals surface area contributed by atoms with Gasteiger partial charge in [0, 0.05) is 5.02 Å². The van der Waals surface area contributed by atoms with Gasteiger partial charge in [-0.1, -0.05) is 60.1 Å². The molecule has 4 rings (SSSR count). The molecule has 0 radical (unpaired) electrons. The summed E-state index contributed by atoms with van der Waals surface area (Å²) in [4.78, 5) is 4.32. The summed E-state index contributed by atoms with van der Waals surface area (Å²) >= 11 is 6.44. The number of nitrogens with zero attached hydrogens (tertiary/aromatic N) is 3. The molecule has 27 heavy (non-hydrogen) atoms. The fraction of sp³-hybridized carbons (Fsp3) is 0.222. The first kappa shape index (κ1) is 17.8. The highest BCUT2D eigenvalue weighted by Crippen LogP contribution is 2.40. The predicted octanol–water partition coefficient (Wildman–Crippen LogP) is 3.45. The standard InChI is InChI=1S/C18H18ClN5O2S/c1-27(25,26)23-17-21-18-20-15(12-7-3-2-4-8-12)11-16(24(18)22-17)13-9-5-6-10-14(13)19/h2-10,15-16H,11H2,1H3,(H2,20,21,22,23)/t15-,16+/m0/s1. The second-order valence-electron chi connectivity index (χ2n) is 6.46. The van der Waals surface area contributed by atoms with E-state index in [1.807, 2.05) is 54.6 Å². The molecular weight excluding hydrogens is 386 g/mol. The van der Waals surface area contributed by atoms with E-state index in [0.29, 0.717) is 17.4 Å². The van der Waals surface area contributed by atoms with Crippen molar-refractivity contribution < 1.29 is 8.42 Å². The van der Waals surface area contributed by atoms with Crippen molar-refractivity contribution in [2.45, 2.75) is 18.5 Å². The Balaban J connectivity index is 1.79. The van der Waals surface area contributed by atoms with Crippen LogP contribution < -0.4 is 10.0 Å². The first-order valence-corrected chi connectivity index (χ1v) is 10.7. The maximum absolute atomic E-state index is 11.6. The Morgan fingerprint density at radius 3 is 2.56 bits per heavy atom. The van der Waals surface area contributed by atoms with E-state index in [1.54, 1.807) is 4.68 Å². The Hall–Kier alpha value is -2.58. The molecule has 2 atom stereocenters. The second-order valence-corrected chi connectivity index (χ2v) is 8.61. The van der Waals surface area contributed by atoms with Crippen LogP contribution in [0.4, 0.5) is 11.9 Å². The molecule has 0 fully saturated rings. The van der Waals surface area contributed by atoms with E-state index < -0.39 is 10.0 Å². The molecule has 0 bridgehead atoms. The van der Waals surface area contributed by atoms with Crippen LogP contribution in [0.3, 0.4) is 0 Å². The Morgan fingerprint density at radius 1 is 1.15 bits per heavy atom. The van der Waals surface area contributed by atoms with Crippen molar-refractivity contribution in [3.63, 3.8) is 0 Å². The summed E-state index contributed by atoms with van der Waals surface area (Å²) in [6.45, 7) is 0. The normalized spacial score (nSPS) is 19.2. The van der Waals surface area contributed by atoms with Crippen molar-refractivity contribution >= 4 is 33.5 Å². The van der Waals surface area contributed by atoms with E-state index in [1.165, 1.54) is 0 Å². The topological polar surface area (TPSA) is 88.9 Å². The predicted molar refractivity (Wildman–Crippen MR) is 106 cm³/mol. The van der Waals surface area contributed by atoms with Crippen molar-refractivity contribution in [2.24, 2.45) is 0 Å². The molecular formula is C18H18ClN5O2S. The number of halogens is 1. The van der Waals surface area contributed by atoms with Gasteiger partial charge in [0.2, 0.25) is 16.0 Å². The summed E-state index contributed by atoms with van der Waals surface area (Å²) in [7, 11) is -3.47. The fourth-order valence-corrected chi connectivity index (χ4v) is 3.97. The summed E-state index contributed by atoms with van der Waals surface area (Å²) < 4.78 is 27.2. The van der Waals surface area contributed by atoms with Gasteiger partial charge in [-0.25, -0.2) is 13.1 Å². The molecule has 2 N–H and O–H groups in total. The third kappa shape index (κ3) is 3.77. The van der Waals surface area contributed by atoms with Crippen LogP contribution in [-0.2, 0) is 10.0 Å². The molecule has 2 aromatic carbocycles. The van der Waals surface area contributed by atoms with Crippen LogP contribution in [0.25, 0.3) is 0 Å². The number of sulfonamides is 1. The van der Waals surface area contributed by atoms with Crippen LogP contribution in [-0.4, -0.2) is 29.4 Å². The van der Waals surface area contributed by atoms with Gasteiger partial charge in [-0.3, -0.25) is 4.72 Å². The number of fused-ring (bicyclic) bond motifs is 1. The van der Waals surface area contributed by atoms with Gasteiger partial charge in [-0.15, -0.1) is 5.10 Å². The summed E-state index contributed by atoms with van der Waals surface area (Å²) in [5.74, 6) is 0.525. The van der Waals surface area contributed by atoms with Gasteiger partial charge >= 0.3 is 0 Å². The van der Waals surface area contributed by atoms with E-state index >= 15 is 0 Å². The molecule has 0 saturated heterocycles. The molecule has 7 nitrogen and oxygen atoms in total. The second kappa shape index (κ2) is 6.86. The lowest BCUT2D eigenvalue weighted by Gasteiger charge is -2.32. The van der Waals surface area contributed by atoms with Crippen molar-refractivity contribution in [3.05, 3.63) is 70.7 Å². The Labute approximate surface area is 162 Å². The van der Waals surface area contributed by atoms with E-state index in [9.17, 15) is 8.42 Å². The first-order valence-electron chi connectivity index (χ1n) is 8.41. The van der Waals surface area contributed by atoms with Crippen LogP contribution in [0.15, 0.2) is 54.6 Å². The van der Waals surface area contributed by atoms with Gasteiger partial charge in [-0.2, -0.15) is 4.98 Å². The average Bonchev–Trinajstić information content (AvgIpc) is 3.02. The molecule has 9 heteroatoms. The number of rotatable bonds is 4. The molecule has 3 aromatic rings. The van der Waals surface area contributed by atoms with Crippen LogP contribution in [0.5, 0.6) is 0 Å². The van der Waals surface area contributed by atoms with Gasteiger partial charge in [0.25, 0.3) is 5.95 Å². The molecule has 0 spiro atoms. The highest BCUT2D eigenvalue weighted by molar-refractivity contribution is 7.91. The van der Waals surface area contributed by atoms with Crippen LogP contribution in [0.2, 0.25) is 5.02 Å². The Bertz CT molecular complexity index is 1070. The summed E-state index contributed by atoms with van der Waals surface area (Å²) in [5, 5.41) is 8.34. The monoisotopic (exact) mass is 403 g/mol. The first-order chi connectivity index (χ1) is 12.9. The van der Waals surface area contributed by atoms with E-state index in [-0.39, 0.29) is 18.0 Å². The third-order valence-electron chi connectivity index (χ3n) is 4.43. The zero-order valence-electron chi connectivity index (χ0n) is 14.5. The van der Waals surface area contributed by atoms with Gasteiger partial charge in [0.15, 0.2) is 0 Å². The van der Waals surface area contributed by atoms with Gasteiger partial charge in [-0.05, 0) is 23.6 Å². The van der Waals surface area contributed by atoms with Crippen LogP contribution in [0, 0.1) is 0 Å². The van der Waals surface area contributed by atoms with E-state index in [4.69, 9.17) is 11.6 Å². The fourth-order valence-electron chi connectivity index (χ4n) is 3.29. The minimum absolute atomic E-state index is 0.00439. The van der Waals surface area contributed by atoms with Crippen LogP contribution in [0.1, 0.15) is 29.6 Å². The molecule has 1 aliphatic heterocycles. The Kier molecular flexibility index (Phi) is 4.53. The number of benzene rings is 2. The van der Waals surface area contributed by atoms with Gasteiger partial charge in [0.05, 0.1) is 18.3 Å². The largest absolute Gasteiger partial charge is 0.347 e. The van der Waals surface area contributed by atoms with Gasteiger partial charge < -0.3 is 5.32 Å². The zero-order chi connectivity index (χ0) is 19.0. The lowest BCUT2D eigenvalue weighted by atomic mass is 9.93. The lowest BCUT2D eigenvalue weighted by Crippen LogP contribution is -2.28. The molecule has 0 unspecified atom stereocenters. The minimum Gasteiger partial charge on any atom is -0.347 e. The molecule has 0 saturated carbocycles. The quantitative estimate of drug-likeness (QED) is 0.696. The number of hydrogen-bond donors (Lipinski definition) is 2.